The predicted octanol–water partition coefficient (Wildman–Crippen LogP) is 2.53. The molecule has 2 atom stereocenters. The lowest BCUT2D eigenvalue weighted by Gasteiger charge is -2.32. The van der Waals surface area contributed by atoms with E-state index in [1.807, 2.05) is 0 Å². The number of nitrogens with zero attached hydrogens (tertiary/aromatic N) is 2. The molecule has 0 bridgehead atoms. The average Bonchev–Trinajstić information content (AvgIpc) is 3.63. The van der Waals surface area contributed by atoms with Gasteiger partial charge in [0, 0.05) is 13.2 Å². The Morgan fingerprint density at radius 1 is 1.10 bits per heavy atom. The van der Waals surface area contributed by atoms with Crippen LogP contribution in [0.15, 0.2) is 42.5 Å². The summed E-state index contributed by atoms with van der Waals surface area (Å²) in [5.74, 6) is -0.913. The molecule has 0 unspecified atom stereocenters. The Morgan fingerprint density at radius 3 is 2.45 bits per heavy atom. The van der Waals surface area contributed by atoms with Gasteiger partial charge in [0.15, 0.2) is 17.2 Å². The van der Waals surface area contributed by atoms with Gasteiger partial charge in [0.25, 0.3) is 11.8 Å². The highest BCUT2D eigenvalue weighted by Crippen LogP contribution is 2.40. The van der Waals surface area contributed by atoms with Crippen LogP contribution in [0, 0.1) is 0 Å². The van der Waals surface area contributed by atoms with Gasteiger partial charge in [0.05, 0.1) is 38.8 Å². The number of carbonyl (C=O) groups excluding carboxylic acids is 3. The summed E-state index contributed by atoms with van der Waals surface area (Å²) in [6.45, 7) is 0.878. The fraction of sp³-hybridized carbons (Fsp3) is 0.333. The van der Waals surface area contributed by atoms with E-state index < -0.39 is 23.8 Å². The molecule has 3 amide bonds. The summed E-state index contributed by atoms with van der Waals surface area (Å²) < 4.78 is 26.1. The molecular weight excluding hydrogens is 538 g/mol. The first-order valence-electron chi connectivity index (χ1n) is 12.4. The number of nitrogen functional groups attached to an aromatic ring is 1. The minimum absolute atomic E-state index is 0.0582. The van der Waals surface area contributed by atoms with E-state index in [1.165, 1.54) is 26.2 Å². The Kier molecular flexibility index (Phi) is 9.07. The Morgan fingerprint density at radius 2 is 1.82 bits per heavy atom. The van der Waals surface area contributed by atoms with Crippen molar-refractivity contribution in [2.45, 2.75) is 25.0 Å². The first-order valence-corrected chi connectivity index (χ1v) is 13.2. The second kappa shape index (κ2) is 12.7. The van der Waals surface area contributed by atoms with E-state index in [1.54, 1.807) is 42.5 Å². The number of benzene rings is 2. The summed E-state index contributed by atoms with van der Waals surface area (Å²) >= 11 is 0.717. The fourth-order valence-electron chi connectivity index (χ4n) is 4.49. The third-order valence-corrected chi connectivity index (χ3v) is 7.33. The van der Waals surface area contributed by atoms with Crippen molar-refractivity contribution in [2.24, 2.45) is 5.73 Å². The largest absolute Gasteiger partial charge is 0.495 e. The summed E-state index contributed by atoms with van der Waals surface area (Å²) in [5.41, 5.74) is 11.9. The molecule has 1 aliphatic rings. The van der Waals surface area contributed by atoms with Gasteiger partial charge in [-0.05, 0) is 54.2 Å². The molecule has 1 saturated heterocycles. The van der Waals surface area contributed by atoms with Crippen molar-refractivity contribution >= 4 is 40.6 Å². The summed E-state index contributed by atoms with van der Waals surface area (Å²) in [6.07, 6.45) is 1.57. The van der Waals surface area contributed by atoms with Crippen LogP contribution >= 0.6 is 11.5 Å². The molecule has 2 heterocycles. The number of nitrogens with two attached hydrogens (primary N) is 2. The predicted molar refractivity (Wildman–Crippen MR) is 149 cm³/mol. The van der Waals surface area contributed by atoms with Crippen LogP contribution in [-0.4, -0.2) is 62.7 Å². The molecule has 1 fully saturated rings. The van der Waals surface area contributed by atoms with Gasteiger partial charge in [-0.1, -0.05) is 18.2 Å². The van der Waals surface area contributed by atoms with Crippen LogP contribution in [0.2, 0.25) is 0 Å². The normalized spacial score (nSPS) is 15.2. The maximum absolute atomic E-state index is 14.3. The van der Waals surface area contributed by atoms with Crippen molar-refractivity contribution in [1.82, 2.24) is 9.69 Å². The highest BCUT2D eigenvalue weighted by atomic mass is 32.1. The zero-order valence-corrected chi connectivity index (χ0v) is 23.2. The van der Waals surface area contributed by atoms with Crippen LogP contribution in [0.4, 0.5) is 11.4 Å². The lowest BCUT2D eigenvalue weighted by atomic mass is 10.0. The van der Waals surface area contributed by atoms with Crippen LogP contribution in [0.1, 0.15) is 44.6 Å². The molecule has 1 aliphatic heterocycles. The Labute approximate surface area is 235 Å². The molecule has 5 N–H and O–H groups in total. The molecular formula is C27H31N5O7S. The topological polar surface area (TPSA) is 168 Å². The number of carbonyl (C=O) groups is 3. The first-order chi connectivity index (χ1) is 19.3. The van der Waals surface area contributed by atoms with Gasteiger partial charge in [0.1, 0.15) is 16.7 Å². The van der Waals surface area contributed by atoms with Crippen molar-refractivity contribution in [2.75, 3.05) is 45.1 Å². The van der Waals surface area contributed by atoms with Gasteiger partial charge in [-0.3, -0.25) is 19.3 Å². The standard InChI is InChI=1S/C27H31N5O7S/c1-36-18-9-5-4-8-17(18)32(27(35)24-21(28)22(25(29)33)31-40-24)23(26(34)30-14-16-7-6-12-39-16)15-10-11-19(37-2)20(13-15)38-3/h4-5,8-11,13,16,23H,6-7,12,14,28H2,1-3H3,(H2,29,33)(H,30,34)/t16-,23-/m1/s1. The summed E-state index contributed by atoms with van der Waals surface area (Å²) in [6, 6.07) is 10.4. The number of aromatic nitrogens is 1. The molecule has 3 aromatic rings. The van der Waals surface area contributed by atoms with E-state index >= 15 is 0 Å². The number of amides is 3. The van der Waals surface area contributed by atoms with Crippen molar-refractivity contribution in [3.05, 3.63) is 58.6 Å². The SMILES string of the molecule is COc1ccc([C@H](C(=O)NC[C@H]2CCCO2)N(C(=O)c2snc(C(N)=O)c2N)c2ccccc2OC)cc1OC. The van der Waals surface area contributed by atoms with Gasteiger partial charge in [0.2, 0.25) is 5.91 Å². The Balaban J connectivity index is 1.89. The number of para-hydroxylation sites is 2. The third kappa shape index (κ3) is 5.80. The molecule has 2 aromatic carbocycles. The van der Waals surface area contributed by atoms with E-state index in [0.29, 0.717) is 41.0 Å². The molecule has 212 valence electrons. The fourth-order valence-corrected chi connectivity index (χ4v) is 5.23. The number of methoxy groups -OCH3 is 3. The van der Waals surface area contributed by atoms with Gasteiger partial charge in [-0.2, -0.15) is 4.37 Å². The van der Waals surface area contributed by atoms with E-state index in [0.717, 1.165) is 12.8 Å². The minimum atomic E-state index is -1.23. The number of hydrogen-bond acceptors (Lipinski definition) is 10. The summed E-state index contributed by atoms with van der Waals surface area (Å²) in [7, 11) is 4.42. The highest BCUT2D eigenvalue weighted by Gasteiger charge is 2.38. The lowest BCUT2D eigenvalue weighted by molar-refractivity contribution is -0.123. The maximum atomic E-state index is 14.3. The second-order valence-corrected chi connectivity index (χ2v) is 9.66. The Hall–Kier alpha value is -4.36. The third-order valence-electron chi connectivity index (χ3n) is 6.48. The monoisotopic (exact) mass is 569 g/mol. The number of primary amides is 1. The van der Waals surface area contributed by atoms with Gasteiger partial charge < -0.3 is 35.7 Å². The molecule has 13 heteroatoms. The second-order valence-electron chi connectivity index (χ2n) is 8.88. The van der Waals surface area contributed by atoms with Crippen LogP contribution in [0.5, 0.6) is 17.2 Å². The average molecular weight is 570 g/mol. The van der Waals surface area contributed by atoms with E-state index in [4.69, 9.17) is 30.4 Å². The lowest BCUT2D eigenvalue weighted by Crippen LogP contribution is -2.45. The van der Waals surface area contributed by atoms with Crippen molar-refractivity contribution < 1.29 is 33.3 Å². The van der Waals surface area contributed by atoms with Gasteiger partial charge in [-0.25, -0.2) is 0 Å². The van der Waals surface area contributed by atoms with Gasteiger partial charge in [-0.15, -0.1) is 0 Å². The van der Waals surface area contributed by atoms with E-state index in [2.05, 4.69) is 9.69 Å². The molecule has 0 aliphatic carbocycles. The van der Waals surface area contributed by atoms with Crippen molar-refractivity contribution in [1.29, 1.82) is 0 Å². The van der Waals surface area contributed by atoms with E-state index in [-0.39, 0.29) is 34.6 Å². The minimum Gasteiger partial charge on any atom is -0.495 e. The Bertz CT molecular complexity index is 1390. The molecule has 0 radical (unpaired) electrons. The van der Waals surface area contributed by atoms with Crippen LogP contribution in [-0.2, 0) is 9.53 Å². The first kappa shape index (κ1) is 28.6. The van der Waals surface area contributed by atoms with Crippen molar-refractivity contribution in [3.8, 4) is 17.2 Å². The van der Waals surface area contributed by atoms with Gasteiger partial charge >= 0.3 is 0 Å². The number of ether oxygens (including phenoxy) is 4. The number of rotatable bonds is 11. The quantitative estimate of drug-likeness (QED) is 0.314. The smallest absolute Gasteiger partial charge is 0.273 e. The number of nitrogens with one attached hydrogen (secondary N) is 1. The maximum Gasteiger partial charge on any atom is 0.273 e. The van der Waals surface area contributed by atoms with Crippen molar-refractivity contribution in [3.63, 3.8) is 0 Å². The van der Waals surface area contributed by atoms with E-state index in [9.17, 15) is 14.4 Å². The highest BCUT2D eigenvalue weighted by molar-refractivity contribution is 7.09. The zero-order chi connectivity index (χ0) is 28.8. The van der Waals surface area contributed by atoms with Crippen LogP contribution in [0.3, 0.4) is 0 Å². The van der Waals surface area contributed by atoms with Crippen LogP contribution < -0.4 is 35.9 Å². The number of hydrogen-bond donors (Lipinski definition) is 3. The molecule has 1 aromatic heterocycles. The zero-order valence-electron chi connectivity index (χ0n) is 22.3. The summed E-state index contributed by atoms with van der Waals surface area (Å²) in [4.78, 5) is 41.3. The van der Waals surface area contributed by atoms with Crippen LogP contribution in [0.25, 0.3) is 0 Å². The molecule has 0 saturated carbocycles. The molecule has 12 nitrogen and oxygen atoms in total. The molecule has 4 rings (SSSR count). The summed E-state index contributed by atoms with van der Waals surface area (Å²) in [5, 5.41) is 2.93. The number of anilines is 2. The molecule has 0 spiro atoms. The molecule has 40 heavy (non-hydrogen) atoms.